The molecule has 0 atom stereocenters. The number of nitrogens with zero attached hydrogens (tertiary/aromatic N) is 1. The Kier molecular flexibility index (Phi) is 2.88. The van der Waals surface area contributed by atoms with E-state index in [0.29, 0.717) is 5.82 Å². The number of pyridine rings is 1. The Morgan fingerprint density at radius 3 is 2.69 bits per heavy atom. The molecular formula is C10H17N3. The van der Waals surface area contributed by atoms with Gasteiger partial charge >= 0.3 is 0 Å². The van der Waals surface area contributed by atoms with Crippen molar-refractivity contribution in [1.82, 2.24) is 10.3 Å². The highest BCUT2D eigenvalue weighted by molar-refractivity contribution is 5.38. The van der Waals surface area contributed by atoms with Crippen LogP contribution in [-0.4, -0.2) is 10.5 Å². The van der Waals surface area contributed by atoms with Crippen molar-refractivity contribution >= 4 is 5.82 Å². The highest BCUT2D eigenvalue weighted by Gasteiger charge is 2.09. The number of nitrogens with one attached hydrogen (secondary N) is 1. The van der Waals surface area contributed by atoms with Gasteiger partial charge in [0.15, 0.2) is 0 Å². The number of rotatable bonds is 2. The lowest BCUT2D eigenvalue weighted by molar-refractivity contribution is 0.424. The first kappa shape index (κ1) is 9.99. The zero-order valence-electron chi connectivity index (χ0n) is 8.46. The second kappa shape index (κ2) is 3.75. The lowest BCUT2D eigenvalue weighted by Crippen LogP contribution is -2.35. The summed E-state index contributed by atoms with van der Waals surface area (Å²) in [6, 6.07) is 3.89. The van der Waals surface area contributed by atoms with Gasteiger partial charge in [0.2, 0.25) is 0 Å². The second-order valence-electron chi connectivity index (χ2n) is 4.15. The van der Waals surface area contributed by atoms with Crippen molar-refractivity contribution in [3.8, 4) is 0 Å². The number of hydrogen-bond acceptors (Lipinski definition) is 3. The van der Waals surface area contributed by atoms with Crippen LogP contribution < -0.4 is 11.1 Å². The normalized spacial score (nSPS) is 11.6. The first-order valence-corrected chi connectivity index (χ1v) is 4.43. The van der Waals surface area contributed by atoms with Crippen LogP contribution in [0.25, 0.3) is 0 Å². The molecule has 0 saturated carbocycles. The third-order valence-electron chi connectivity index (χ3n) is 1.74. The molecule has 1 rings (SSSR count). The van der Waals surface area contributed by atoms with Crippen molar-refractivity contribution < 1.29 is 0 Å². The average Bonchev–Trinajstić information content (AvgIpc) is 2.01. The molecule has 1 aromatic heterocycles. The number of aromatic nitrogens is 1. The summed E-state index contributed by atoms with van der Waals surface area (Å²) in [6.07, 6.45) is 1.70. The summed E-state index contributed by atoms with van der Waals surface area (Å²) in [7, 11) is 0. The van der Waals surface area contributed by atoms with Crippen molar-refractivity contribution in [3.63, 3.8) is 0 Å². The summed E-state index contributed by atoms with van der Waals surface area (Å²) >= 11 is 0. The van der Waals surface area contributed by atoms with Crippen LogP contribution in [-0.2, 0) is 6.54 Å². The van der Waals surface area contributed by atoms with E-state index in [-0.39, 0.29) is 5.54 Å². The zero-order chi connectivity index (χ0) is 9.90. The predicted molar refractivity (Wildman–Crippen MR) is 55.2 cm³/mol. The lowest BCUT2D eigenvalue weighted by Gasteiger charge is -2.20. The third-order valence-corrected chi connectivity index (χ3v) is 1.74. The standard InChI is InChI=1S/C10H17N3/c1-10(2,3)13-7-8-5-4-6-12-9(8)11/h4-6,13H,7H2,1-3H3,(H2,11,12). The van der Waals surface area contributed by atoms with E-state index in [1.165, 1.54) is 0 Å². The van der Waals surface area contributed by atoms with Gasteiger partial charge in [0.25, 0.3) is 0 Å². The van der Waals surface area contributed by atoms with Gasteiger partial charge in [-0.25, -0.2) is 4.98 Å². The van der Waals surface area contributed by atoms with Crippen LogP contribution in [0.4, 0.5) is 5.82 Å². The van der Waals surface area contributed by atoms with Gasteiger partial charge in [-0.2, -0.15) is 0 Å². The molecule has 0 saturated heterocycles. The van der Waals surface area contributed by atoms with Crippen molar-refractivity contribution in [2.24, 2.45) is 0 Å². The molecule has 13 heavy (non-hydrogen) atoms. The number of anilines is 1. The SMILES string of the molecule is CC(C)(C)NCc1cccnc1N. The molecule has 0 aliphatic rings. The summed E-state index contributed by atoms with van der Waals surface area (Å²) in [5, 5.41) is 3.36. The van der Waals surface area contributed by atoms with Gasteiger partial charge in [-0.3, -0.25) is 0 Å². The van der Waals surface area contributed by atoms with E-state index in [1.54, 1.807) is 6.20 Å². The quantitative estimate of drug-likeness (QED) is 0.724. The molecule has 0 bridgehead atoms. The van der Waals surface area contributed by atoms with Gasteiger partial charge in [0.1, 0.15) is 5.82 Å². The Balaban J connectivity index is 2.60. The molecule has 72 valence electrons. The molecule has 0 spiro atoms. The third kappa shape index (κ3) is 3.42. The van der Waals surface area contributed by atoms with Crippen LogP contribution in [0.15, 0.2) is 18.3 Å². The Morgan fingerprint density at radius 2 is 2.15 bits per heavy atom. The van der Waals surface area contributed by atoms with Crippen LogP contribution in [0, 0.1) is 0 Å². The maximum atomic E-state index is 5.70. The lowest BCUT2D eigenvalue weighted by atomic mass is 10.1. The summed E-state index contributed by atoms with van der Waals surface area (Å²) in [5.74, 6) is 0.610. The van der Waals surface area contributed by atoms with Crippen LogP contribution in [0.1, 0.15) is 26.3 Å². The molecule has 1 heterocycles. The first-order chi connectivity index (χ1) is 5.99. The van der Waals surface area contributed by atoms with Crippen LogP contribution >= 0.6 is 0 Å². The van der Waals surface area contributed by atoms with Crippen molar-refractivity contribution in [3.05, 3.63) is 23.9 Å². The Morgan fingerprint density at radius 1 is 1.46 bits per heavy atom. The molecule has 0 aliphatic heterocycles. The molecule has 0 radical (unpaired) electrons. The van der Waals surface area contributed by atoms with E-state index in [1.807, 2.05) is 12.1 Å². The predicted octanol–water partition coefficient (Wildman–Crippen LogP) is 1.55. The van der Waals surface area contributed by atoms with Gasteiger partial charge in [-0.1, -0.05) is 6.07 Å². The molecule has 0 unspecified atom stereocenters. The van der Waals surface area contributed by atoms with E-state index in [4.69, 9.17) is 5.73 Å². The monoisotopic (exact) mass is 179 g/mol. The minimum atomic E-state index is 0.113. The van der Waals surface area contributed by atoms with Gasteiger partial charge in [-0.05, 0) is 26.8 Å². The minimum absolute atomic E-state index is 0.113. The van der Waals surface area contributed by atoms with Gasteiger partial charge in [0, 0.05) is 23.8 Å². The molecule has 3 heteroatoms. The summed E-state index contributed by atoms with van der Waals surface area (Å²) in [5.41, 5.74) is 6.87. The van der Waals surface area contributed by atoms with E-state index in [9.17, 15) is 0 Å². The maximum Gasteiger partial charge on any atom is 0.127 e. The highest BCUT2D eigenvalue weighted by Crippen LogP contribution is 2.08. The van der Waals surface area contributed by atoms with E-state index >= 15 is 0 Å². The number of nitrogens with two attached hydrogens (primary N) is 1. The number of nitrogen functional groups attached to an aromatic ring is 1. The fraction of sp³-hybridized carbons (Fsp3) is 0.500. The van der Waals surface area contributed by atoms with E-state index in [2.05, 4.69) is 31.1 Å². The van der Waals surface area contributed by atoms with Gasteiger partial charge in [-0.15, -0.1) is 0 Å². The minimum Gasteiger partial charge on any atom is -0.383 e. The maximum absolute atomic E-state index is 5.70. The fourth-order valence-electron chi connectivity index (χ4n) is 0.961. The van der Waals surface area contributed by atoms with Crippen molar-refractivity contribution in [2.45, 2.75) is 32.9 Å². The molecule has 3 N–H and O–H groups in total. The van der Waals surface area contributed by atoms with Crippen molar-refractivity contribution in [2.75, 3.05) is 5.73 Å². The zero-order valence-corrected chi connectivity index (χ0v) is 8.46. The van der Waals surface area contributed by atoms with Gasteiger partial charge < -0.3 is 11.1 Å². The summed E-state index contributed by atoms with van der Waals surface area (Å²) in [4.78, 5) is 4.02. The second-order valence-corrected chi connectivity index (χ2v) is 4.15. The van der Waals surface area contributed by atoms with Crippen LogP contribution in [0.2, 0.25) is 0 Å². The molecule has 0 aromatic carbocycles. The number of hydrogen-bond donors (Lipinski definition) is 2. The average molecular weight is 179 g/mol. The Labute approximate surface area is 79.4 Å². The fourth-order valence-corrected chi connectivity index (χ4v) is 0.961. The largest absolute Gasteiger partial charge is 0.383 e. The molecule has 0 aliphatic carbocycles. The Hall–Kier alpha value is -1.09. The highest BCUT2D eigenvalue weighted by atomic mass is 14.9. The smallest absolute Gasteiger partial charge is 0.127 e. The molecular weight excluding hydrogens is 162 g/mol. The molecule has 1 aromatic rings. The van der Waals surface area contributed by atoms with E-state index < -0.39 is 0 Å². The van der Waals surface area contributed by atoms with E-state index in [0.717, 1.165) is 12.1 Å². The van der Waals surface area contributed by atoms with Crippen molar-refractivity contribution in [1.29, 1.82) is 0 Å². The first-order valence-electron chi connectivity index (χ1n) is 4.43. The summed E-state index contributed by atoms with van der Waals surface area (Å²) in [6.45, 7) is 7.14. The molecule has 3 nitrogen and oxygen atoms in total. The van der Waals surface area contributed by atoms with Crippen LogP contribution in [0.3, 0.4) is 0 Å². The molecule has 0 fully saturated rings. The van der Waals surface area contributed by atoms with Crippen LogP contribution in [0.5, 0.6) is 0 Å². The summed E-state index contributed by atoms with van der Waals surface area (Å²) < 4.78 is 0. The molecule has 0 amide bonds. The Bertz CT molecular complexity index is 276. The topological polar surface area (TPSA) is 50.9 Å². The van der Waals surface area contributed by atoms with Gasteiger partial charge in [0.05, 0.1) is 0 Å².